The Labute approximate surface area is 201 Å². The number of nitrogens with zero attached hydrogens (tertiary/aromatic N) is 2. The van der Waals surface area contributed by atoms with E-state index in [1.807, 2.05) is 30.3 Å². The lowest BCUT2D eigenvalue weighted by molar-refractivity contribution is 0.102. The van der Waals surface area contributed by atoms with Gasteiger partial charge in [0.25, 0.3) is 5.91 Å². The molecule has 0 fully saturated rings. The van der Waals surface area contributed by atoms with Gasteiger partial charge in [0.1, 0.15) is 18.2 Å². The summed E-state index contributed by atoms with van der Waals surface area (Å²) in [5.41, 5.74) is 1.85. The second-order valence-corrected chi connectivity index (χ2v) is 8.70. The first-order chi connectivity index (χ1) is 15.5. The average Bonchev–Trinajstić information content (AvgIpc) is 3.13. The second-order valence-electron chi connectivity index (χ2n) is 6.99. The van der Waals surface area contributed by atoms with Gasteiger partial charge >= 0.3 is 0 Å². The molecule has 0 atom stereocenters. The van der Waals surface area contributed by atoms with E-state index in [2.05, 4.69) is 42.3 Å². The van der Waals surface area contributed by atoms with E-state index >= 15 is 0 Å². The summed E-state index contributed by atoms with van der Waals surface area (Å²) in [4.78, 5) is 12.8. The Morgan fingerprint density at radius 1 is 1.00 bits per heavy atom. The van der Waals surface area contributed by atoms with Crippen molar-refractivity contribution in [3.63, 3.8) is 0 Å². The molecule has 1 N–H and O–H groups in total. The molecule has 1 heterocycles. The molecule has 0 radical (unpaired) electrons. The molecule has 8 heteroatoms. The number of anilines is 1. The lowest BCUT2D eigenvalue weighted by atomic mass is 10.1. The van der Waals surface area contributed by atoms with Gasteiger partial charge in [-0.1, -0.05) is 42.5 Å². The van der Waals surface area contributed by atoms with Gasteiger partial charge in [0.15, 0.2) is 5.82 Å². The smallest absolute Gasteiger partial charge is 0.256 e. The Hall–Kier alpha value is -2.97. The number of amides is 1. The molecule has 0 bridgehead atoms. The number of carbonyl (C=O) groups is 1. The van der Waals surface area contributed by atoms with Crippen LogP contribution in [0.3, 0.4) is 0 Å². The highest BCUT2D eigenvalue weighted by Gasteiger charge is 2.14. The van der Waals surface area contributed by atoms with Crippen LogP contribution in [0.1, 0.15) is 21.5 Å². The molecule has 4 aromatic rings. The van der Waals surface area contributed by atoms with Crippen molar-refractivity contribution in [3.8, 4) is 5.75 Å². The van der Waals surface area contributed by atoms with Crippen LogP contribution in [-0.2, 0) is 13.2 Å². The van der Waals surface area contributed by atoms with E-state index in [4.69, 9.17) is 4.74 Å². The Morgan fingerprint density at radius 3 is 2.59 bits per heavy atom. The summed E-state index contributed by atoms with van der Waals surface area (Å²) in [6.45, 7) is 0.577. The quantitative estimate of drug-likeness (QED) is 0.284. The van der Waals surface area contributed by atoms with Crippen LogP contribution in [0.2, 0.25) is 0 Å². The molecule has 1 aromatic heterocycles. The van der Waals surface area contributed by atoms with Crippen molar-refractivity contribution in [1.29, 1.82) is 0 Å². The molecule has 0 unspecified atom stereocenters. The zero-order valence-corrected chi connectivity index (χ0v) is 19.9. The summed E-state index contributed by atoms with van der Waals surface area (Å²) in [5.74, 6) is 0.490. The number of halogens is 3. The summed E-state index contributed by atoms with van der Waals surface area (Å²) >= 11 is 6.86. The molecule has 4 rings (SSSR count). The van der Waals surface area contributed by atoms with Crippen LogP contribution in [0.25, 0.3) is 0 Å². The second kappa shape index (κ2) is 10.1. The summed E-state index contributed by atoms with van der Waals surface area (Å²) in [6.07, 6.45) is 1.70. The van der Waals surface area contributed by atoms with E-state index in [1.54, 1.807) is 47.3 Å². The lowest BCUT2D eigenvalue weighted by Crippen LogP contribution is -2.13. The van der Waals surface area contributed by atoms with Crippen molar-refractivity contribution >= 4 is 43.6 Å². The molecule has 0 aliphatic rings. The van der Waals surface area contributed by atoms with Gasteiger partial charge in [-0.15, -0.1) is 0 Å². The fraction of sp³-hybridized carbons (Fsp3) is 0.0833. The van der Waals surface area contributed by atoms with Crippen molar-refractivity contribution in [2.45, 2.75) is 13.2 Å². The molecule has 0 aliphatic carbocycles. The maximum absolute atomic E-state index is 13.9. The SMILES string of the molecule is O=C(Nc1nn(Cc2ccccc2F)cc1Br)c1cccc(COc2ccccc2Br)c1. The molecule has 5 nitrogen and oxygen atoms in total. The van der Waals surface area contributed by atoms with E-state index in [0.29, 0.717) is 28.0 Å². The first kappa shape index (κ1) is 22.2. The van der Waals surface area contributed by atoms with E-state index in [9.17, 15) is 9.18 Å². The normalized spacial score (nSPS) is 10.7. The predicted octanol–water partition coefficient (Wildman–Crippen LogP) is 6.43. The Kier molecular flexibility index (Phi) is 7.02. The van der Waals surface area contributed by atoms with Crippen molar-refractivity contribution in [2.75, 3.05) is 5.32 Å². The lowest BCUT2D eigenvalue weighted by Gasteiger charge is -2.09. The Balaban J connectivity index is 1.43. The molecular weight excluding hydrogens is 541 g/mol. The van der Waals surface area contributed by atoms with E-state index in [-0.39, 0.29) is 18.3 Å². The summed E-state index contributed by atoms with van der Waals surface area (Å²) in [7, 11) is 0. The maximum atomic E-state index is 13.9. The third kappa shape index (κ3) is 5.44. The average molecular weight is 559 g/mol. The number of carbonyl (C=O) groups excluding carboxylic acids is 1. The van der Waals surface area contributed by atoms with E-state index in [1.165, 1.54) is 6.07 Å². The van der Waals surface area contributed by atoms with Gasteiger partial charge in [0.05, 0.1) is 15.5 Å². The van der Waals surface area contributed by atoms with Crippen molar-refractivity contribution in [1.82, 2.24) is 9.78 Å². The molecule has 162 valence electrons. The molecule has 0 saturated carbocycles. The zero-order chi connectivity index (χ0) is 22.5. The molecule has 1 amide bonds. The van der Waals surface area contributed by atoms with Gasteiger partial charge in [0.2, 0.25) is 0 Å². The van der Waals surface area contributed by atoms with Crippen LogP contribution in [0.4, 0.5) is 10.2 Å². The minimum absolute atomic E-state index is 0.253. The standard InChI is InChI=1S/C24H18Br2FN3O2/c25-19-9-2-4-11-22(19)32-15-16-6-5-8-17(12-16)24(31)28-23-20(26)14-30(29-23)13-18-7-1-3-10-21(18)27/h1-12,14H,13,15H2,(H,28,29,31). The molecule has 32 heavy (non-hydrogen) atoms. The third-order valence-corrected chi connectivity index (χ3v) is 5.89. The van der Waals surface area contributed by atoms with Crippen LogP contribution in [0.15, 0.2) is 87.9 Å². The van der Waals surface area contributed by atoms with Gasteiger partial charge in [0, 0.05) is 17.3 Å². The van der Waals surface area contributed by atoms with Crippen molar-refractivity contribution < 1.29 is 13.9 Å². The molecule has 3 aromatic carbocycles. The minimum Gasteiger partial charge on any atom is -0.488 e. The summed E-state index contributed by atoms with van der Waals surface area (Å²) < 4.78 is 22.8. The Bertz CT molecular complexity index is 1260. The maximum Gasteiger partial charge on any atom is 0.256 e. The van der Waals surface area contributed by atoms with Crippen LogP contribution in [-0.4, -0.2) is 15.7 Å². The zero-order valence-electron chi connectivity index (χ0n) is 16.8. The fourth-order valence-electron chi connectivity index (χ4n) is 3.07. The first-order valence-corrected chi connectivity index (χ1v) is 11.3. The molecular formula is C24H18Br2FN3O2. The largest absolute Gasteiger partial charge is 0.488 e. The summed E-state index contributed by atoms with van der Waals surface area (Å²) in [5, 5.41) is 7.16. The van der Waals surface area contributed by atoms with Crippen LogP contribution < -0.4 is 10.1 Å². The fourth-order valence-corrected chi connectivity index (χ4v) is 3.88. The van der Waals surface area contributed by atoms with Crippen LogP contribution >= 0.6 is 31.9 Å². The first-order valence-electron chi connectivity index (χ1n) is 9.73. The number of rotatable bonds is 7. The topological polar surface area (TPSA) is 56.2 Å². The monoisotopic (exact) mass is 557 g/mol. The number of ether oxygens (including phenoxy) is 1. The Morgan fingerprint density at radius 2 is 1.78 bits per heavy atom. The predicted molar refractivity (Wildman–Crippen MR) is 128 cm³/mol. The number of para-hydroxylation sites is 1. The van der Waals surface area contributed by atoms with Crippen LogP contribution in [0, 0.1) is 5.82 Å². The number of aromatic nitrogens is 2. The van der Waals surface area contributed by atoms with Gasteiger partial charge in [-0.2, -0.15) is 5.10 Å². The van der Waals surface area contributed by atoms with Crippen molar-refractivity contribution in [2.24, 2.45) is 0 Å². The van der Waals surface area contributed by atoms with Gasteiger partial charge in [-0.25, -0.2) is 4.39 Å². The van der Waals surface area contributed by atoms with E-state index < -0.39 is 0 Å². The minimum atomic E-state index is -0.301. The molecule has 0 saturated heterocycles. The number of hydrogen-bond donors (Lipinski definition) is 1. The number of nitrogens with one attached hydrogen (secondary N) is 1. The molecule has 0 aliphatic heterocycles. The molecule has 0 spiro atoms. The highest BCUT2D eigenvalue weighted by atomic mass is 79.9. The van der Waals surface area contributed by atoms with Gasteiger partial charge in [-0.05, 0) is 67.8 Å². The number of hydrogen-bond acceptors (Lipinski definition) is 3. The number of benzene rings is 3. The summed E-state index contributed by atoms with van der Waals surface area (Å²) in [6, 6.07) is 21.3. The highest BCUT2D eigenvalue weighted by Crippen LogP contribution is 2.25. The van der Waals surface area contributed by atoms with Crippen molar-refractivity contribution in [3.05, 3.63) is 110 Å². The third-order valence-electron chi connectivity index (χ3n) is 4.66. The van der Waals surface area contributed by atoms with Gasteiger partial charge in [-0.3, -0.25) is 9.48 Å². The van der Waals surface area contributed by atoms with E-state index in [0.717, 1.165) is 15.8 Å². The van der Waals surface area contributed by atoms with Crippen LogP contribution in [0.5, 0.6) is 5.75 Å². The van der Waals surface area contributed by atoms with Gasteiger partial charge < -0.3 is 10.1 Å². The highest BCUT2D eigenvalue weighted by molar-refractivity contribution is 9.11.